The van der Waals surface area contributed by atoms with Gasteiger partial charge in [-0.1, -0.05) is 6.92 Å². The van der Waals surface area contributed by atoms with Crippen LogP contribution < -0.4 is 10.6 Å². The first-order chi connectivity index (χ1) is 7.66. The van der Waals surface area contributed by atoms with Gasteiger partial charge in [-0.3, -0.25) is 4.79 Å². The van der Waals surface area contributed by atoms with E-state index in [9.17, 15) is 4.79 Å². The van der Waals surface area contributed by atoms with E-state index in [0.29, 0.717) is 11.8 Å². The summed E-state index contributed by atoms with van der Waals surface area (Å²) >= 11 is 1.80. The third-order valence-corrected chi connectivity index (χ3v) is 3.97. The number of thioether (sulfide) groups is 1. The summed E-state index contributed by atoms with van der Waals surface area (Å²) in [5.41, 5.74) is 0.306. The molecule has 1 aliphatic rings. The Kier molecular flexibility index (Phi) is 9.10. The quantitative estimate of drug-likeness (QED) is 0.732. The molecule has 0 aromatic rings. The predicted octanol–water partition coefficient (Wildman–Crippen LogP) is 2.06. The summed E-state index contributed by atoms with van der Waals surface area (Å²) in [6, 6.07) is 0. The van der Waals surface area contributed by atoms with Crippen molar-refractivity contribution in [1.29, 1.82) is 0 Å². The van der Waals surface area contributed by atoms with Crippen molar-refractivity contribution in [3.05, 3.63) is 0 Å². The molecule has 1 heterocycles. The van der Waals surface area contributed by atoms with Crippen molar-refractivity contribution >= 4 is 30.1 Å². The first kappa shape index (κ1) is 17.1. The molecule has 0 aromatic carbocycles. The molecule has 1 fully saturated rings. The van der Waals surface area contributed by atoms with E-state index in [0.717, 1.165) is 44.6 Å². The van der Waals surface area contributed by atoms with Crippen molar-refractivity contribution in [1.82, 2.24) is 10.6 Å². The van der Waals surface area contributed by atoms with Crippen LogP contribution in [0.15, 0.2) is 0 Å². The predicted molar refractivity (Wildman–Crippen MR) is 78.1 cm³/mol. The molecule has 1 saturated heterocycles. The molecule has 1 aliphatic heterocycles. The summed E-state index contributed by atoms with van der Waals surface area (Å²) in [5.74, 6) is 1.29. The Bertz CT molecular complexity index is 221. The van der Waals surface area contributed by atoms with E-state index in [-0.39, 0.29) is 18.3 Å². The Morgan fingerprint density at radius 1 is 1.41 bits per heavy atom. The van der Waals surface area contributed by atoms with Crippen LogP contribution in [0.1, 0.15) is 32.6 Å². The highest BCUT2D eigenvalue weighted by atomic mass is 35.5. The van der Waals surface area contributed by atoms with E-state index in [1.54, 1.807) is 11.8 Å². The van der Waals surface area contributed by atoms with Gasteiger partial charge in [-0.2, -0.15) is 11.8 Å². The van der Waals surface area contributed by atoms with E-state index in [1.807, 2.05) is 0 Å². The number of carbonyl (C=O) groups excluding carboxylic acids is 1. The number of halogens is 1. The molecule has 0 aliphatic carbocycles. The summed E-state index contributed by atoms with van der Waals surface area (Å²) in [5, 5.41) is 6.43. The highest BCUT2D eigenvalue weighted by Gasteiger charge is 2.26. The lowest BCUT2D eigenvalue weighted by Crippen LogP contribution is -2.42. The van der Waals surface area contributed by atoms with Gasteiger partial charge in [0, 0.05) is 13.0 Å². The Hall–Kier alpha value is 0.0700. The van der Waals surface area contributed by atoms with E-state index in [4.69, 9.17) is 0 Å². The Balaban J connectivity index is 0.00000256. The molecule has 17 heavy (non-hydrogen) atoms. The largest absolute Gasteiger partial charge is 0.356 e. The molecule has 0 spiro atoms. The minimum absolute atomic E-state index is 0. The van der Waals surface area contributed by atoms with Crippen molar-refractivity contribution in [2.75, 3.05) is 31.6 Å². The van der Waals surface area contributed by atoms with E-state index in [1.165, 1.54) is 0 Å². The topological polar surface area (TPSA) is 41.1 Å². The fraction of sp³-hybridized carbons (Fsp3) is 0.917. The van der Waals surface area contributed by atoms with Crippen LogP contribution in [0.5, 0.6) is 0 Å². The zero-order valence-electron chi connectivity index (χ0n) is 10.9. The van der Waals surface area contributed by atoms with Crippen LogP contribution in [0.4, 0.5) is 0 Å². The number of piperidine rings is 1. The van der Waals surface area contributed by atoms with Crippen LogP contribution >= 0.6 is 24.2 Å². The molecular formula is C12H25ClN2OS. The standard InChI is InChI=1S/C12H24N2OS.ClH/c1-12(5-7-13-8-6-12)10-14-11(15)4-3-9-16-2;/h13H,3-10H2,1-2H3,(H,14,15);1H. The van der Waals surface area contributed by atoms with Crippen LogP contribution in [0.25, 0.3) is 0 Å². The number of hydrogen-bond acceptors (Lipinski definition) is 3. The molecule has 0 bridgehead atoms. The Morgan fingerprint density at radius 2 is 2.06 bits per heavy atom. The minimum atomic E-state index is 0. The van der Waals surface area contributed by atoms with E-state index >= 15 is 0 Å². The molecule has 2 N–H and O–H groups in total. The van der Waals surface area contributed by atoms with Gasteiger partial charge in [0.1, 0.15) is 0 Å². The van der Waals surface area contributed by atoms with Crippen LogP contribution in [-0.4, -0.2) is 37.6 Å². The minimum Gasteiger partial charge on any atom is -0.356 e. The third-order valence-electron chi connectivity index (χ3n) is 3.28. The summed E-state index contributed by atoms with van der Waals surface area (Å²) in [6.07, 6.45) is 6.07. The number of hydrogen-bond donors (Lipinski definition) is 2. The van der Waals surface area contributed by atoms with E-state index < -0.39 is 0 Å². The molecule has 0 saturated carbocycles. The normalized spacial score (nSPS) is 18.2. The van der Waals surface area contributed by atoms with Gasteiger partial charge in [0.25, 0.3) is 0 Å². The zero-order valence-corrected chi connectivity index (χ0v) is 12.5. The van der Waals surface area contributed by atoms with Gasteiger partial charge in [0.05, 0.1) is 0 Å². The SMILES string of the molecule is CSCCCC(=O)NCC1(C)CCNCC1.Cl. The van der Waals surface area contributed by atoms with Gasteiger partial charge in [-0.15, -0.1) is 12.4 Å². The Morgan fingerprint density at radius 3 is 2.65 bits per heavy atom. The number of carbonyl (C=O) groups is 1. The van der Waals surface area contributed by atoms with Crippen LogP contribution in [0.2, 0.25) is 0 Å². The molecule has 0 unspecified atom stereocenters. The van der Waals surface area contributed by atoms with Gasteiger partial charge >= 0.3 is 0 Å². The lowest BCUT2D eigenvalue weighted by Gasteiger charge is -2.34. The lowest BCUT2D eigenvalue weighted by atomic mass is 9.81. The highest BCUT2D eigenvalue weighted by molar-refractivity contribution is 7.98. The highest BCUT2D eigenvalue weighted by Crippen LogP contribution is 2.26. The van der Waals surface area contributed by atoms with Crippen LogP contribution in [-0.2, 0) is 4.79 Å². The second-order valence-electron chi connectivity index (χ2n) is 4.93. The molecule has 0 atom stereocenters. The van der Waals surface area contributed by atoms with Crippen molar-refractivity contribution < 1.29 is 4.79 Å². The van der Waals surface area contributed by atoms with Crippen molar-refractivity contribution in [2.24, 2.45) is 5.41 Å². The molecule has 1 rings (SSSR count). The molecule has 5 heteroatoms. The van der Waals surface area contributed by atoms with Crippen molar-refractivity contribution in [3.8, 4) is 0 Å². The number of nitrogens with one attached hydrogen (secondary N) is 2. The second kappa shape index (κ2) is 9.06. The summed E-state index contributed by atoms with van der Waals surface area (Å²) in [7, 11) is 0. The van der Waals surface area contributed by atoms with Gasteiger partial charge in [0.2, 0.25) is 5.91 Å². The fourth-order valence-electron chi connectivity index (χ4n) is 1.98. The molecule has 3 nitrogen and oxygen atoms in total. The maximum Gasteiger partial charge on any atom is 0.220 e. The first-order valence-corrected chi connectivity index (χ1v) is 7.52. The lowest BCUT2D eigenvalue weighted by molar-refractivity contribution is -0.121. The summed E-state index contributed by atoms with van der Waals surface area (Å²) in [6.45, 7) is 5.28. The Labute approximate surface area is 115 Å². The average molecular weight is 281 g/mol. The zero-order chi connectivity index (χ0) is 11.9. The van der Waals surface area contributed by atoms with Gasteiger partial charge < -0.3 is 10.6 Å². The van der Waals surface area contributed by atoms with Gasteiger partial charge in [-0.05, 0) is 49.8 Å². The smallest absolute Gasteiger partial charge is 0.220 e. The first-order valence-electron chi connectivity index (χ1n) is 6.13. The van der Waals surface area contributed by atoms with Crippen LogP contribution in [0, 0.1) is 5.41 Å². The maximum atomic E-state index is 11.6. The molecule has 1 amide bonds. The fourth-order valence-corrected chi connectivity index (χ4v) is 2.42. The second-order valence-corrected chi connectivity index (χ2v) is 5.92. The molecule has 102 valence electrons. The molecule has 0 radical (unpaired) electrons. The van der Waals surface area contributed by atoms with Crippen molar-refractivity contribution in [3.63, 3.8) is 0 Å². The van der Waals surface area contributed by atoms with E-state index in [2.05, 4.69) is 23.8 Å². The average Bonchev–Trinajstić information content (AvgIpc) is 2.28. The van der Waals surface area contributed by atoms with Gasteiger partial charge in [-0.25, -0.2) is 0 Å². The number of rotatable bonds is 6. The van der Waals surface area contributed by atoms with Gasteiger partial charge in [0.15, 0.2) is 0 Å². The summed E-state index contributed by atoms with van der Waals surface area (Å²) < 4.78 is 0. The maximum absolute atomic E-state index is 11.6. The third kappa shape index (κ3) is 7.17. The monoisotopic (exact) mass is 280 g/mol. The number of amides is 1. The summed E-state index contributed by atoms with van der Waals surface area (Å²) in [4.78, 5) is 11.6. The molecular weight excluding hydrogens is 256 g/mol. The van der Waals surface area contributed by atoms with Crippen molar-refractivity contribution in [2.45, 2.75) is 32.6 Å². The molecule has 0 aromatic heterocycles. The van der Waals surface area contributed by atoms with Crippen LogP contribution in [0.3, 0.4) is 0 Å².